The number of hydrogen-bond donors (Lipinski definition) is 1. The van der Waals surface area contributed by atoms with Gasteiger partial charge in [-0.1, -0.05) is 48.0 Å². The summed E-state index contributed by atoms with van der Waals surface area (Å²) in [6.45, 7) is 3.28. The van der Waals surface area contributed by atoms with Crippen LogP contribution < -0.4 is 10.5 Å². The Kier molecular flexibility index (Phi) is 4.95. The lowest BCUT2D eigenvalue weighted by molar-refractivity contribution is 0.00454. The van der Waals surface area contributed by atoms with Crippen molar-refractivity contribution in [1.82, 2.24) is 0 Å². The first-order chi connectivity index (χ1) is 9.29. The third kappa shape index (κ3) is 4.09. The second kappa shape index (κ2) is 6.92. The molecule has 0 fully saturated rings. The molecular weight excluding hydrogens is 238 g/mol. The summed E-state index contributed by atoms with van der Waals surface area (Å²) in [5.41, 5.74) is 9.01. The van der Waals surface area contributed by atoms with Crippen LogP contribution in [-0.2, 0) is 17.9 Å². The van der Waals surface area contributed by atoms with Crippen molar-refractivity contribution in [2.75, 3.05) is 6.79 Å². The maximum atomic E-state index is 5.69. The van der Waals surface area contributed by atoms with Gasteiger partial charge in [0.15, 0.2) is 6.79 Å². The molecule has 0 amide bonds. The second-order valence-electron chi connectivity index (χ2n) is 4.41. The zero-order chi connectivity index (χ0) is 13.5. The standard InChI is InChI=1S/C16H19NO2/c1-13-7-8-16(15(9-13)10-17)19-12-18-11-14-5-3-2-4-6-14/h2-9H,10-12,17H2,1H3. The predicted molar refractivity (Wildman–Crippen MR) is 75.8 cm³/mol. The van der Waals surface area contributed by atoms with Crippen molar-refractivity contribution >= 4 is 0 Å². The second-order valence-corrected chi connectivity index (χ2v) is 4.41. The highest BCUT2D eigenvalue weighted by molar-refractivity contribution is 5.36. The lowest BCUT2D eigenvalue weighted by atomic mass is 10.1. The minimum atomic E-state index is 0.227. The van der Waals surface area contributed by atoms with E-state index in [1.807, 2.05) is 55.5 Å². The van der Waals surface area contributed by atoms with Gasteiger partial charge in [-0.25, -0.2) is 0 Å². The van der Waals surface area contributed by atoms with E-state index in [2.05, 4.69) is 0 Å². The normalized spacial score (nSPS) is 10.4. The smallest absolute Gasteiger partial charge is 0.189 e. The maximum absolute atomic E-state index is 5.69. The Morgan fingerprint density at radius 2 is 1.84 bits per heavy atom. The molecule has 0 heterocycles. The minimum absolute atomic E-state index is 0.227. The summed E-state index contributed by atoms with van der Waals surface area (Å²) < 4.78 is 11.1. The van der Waals surface area contributed by atoms with Crippen molar-refractivity contribution in [1.29, 1.82) is 0 Å². The van der Waals surface area contributed by atoms with Gasteiger partial charge in [-0.3, -0.25) is 0 Å². The summed E-state index contributed by atoms with van der Waals surface area (Å²) in [5, 5.41) is 0. The third-order valence-corrected chi connectivity index (χ3v) is 2.85. The van der Waals surface area contributed by atoms with E-state index in [9.17, 15) is 0 Å². The maximum Gasteiger partial charge on any atom is 0.189 e. The van der Waals surface area contributed by atoms with E-state index in [1.165, 1.54) is 5.56 Å². The fraction of sp³-hybridized carbons (Fsp3) is 0.250. The third-order valence-electron chi connectivity index (χ3n) is 2.85. The molecule has 2 N–H and O–H groups in total. The van der Waals surface area contributed by atoms with Crippen LogP contribution in [0.4, 0.5) is 0 Å². The molecule has 2 aromatic carbocycles. The van der Waals surface area contributed by atoms with Crippen LogP contribution in [0.2, 0.25) is 0 Å². The van der Waals surface area contributed by atoms with Gasteiger partial charge < -0.3 is 15.2 Å². The van der Waals surface area contributed by atoms with Crippen LogP contribution in [0.3, 0.4) is 0 Å². The highest BCUT2D eigenvalue weighted by atomic mass is 16.7. The Bertz CT molecular complexity index is 511. The molecule has 3 heteroatoms. The van der Waals surface area contributed by atoms with E-state index >= 15 is 0 Å². The molecule has 0 aromatic heterocycles. The summed E-state index contributed by atoms with van der Waals surface area (Å²) in [6, 6.07) is 16.0. The molecule has 0 aliphatic heterocycles. The van der Waals surface area contributed by atoms with Crippen LogP contribution in [0, 0.1) is 6.92 Å². The van der Waals surface area contributed by atoms with Crippen molar-refractivity contribution in [3.8, 4) is 5.75 Å². The molecule has 0 aliphatic carbocycles. The summed E-state index contributed by atoms with van der Waals surface area (Å²) >= 11 is 0. The van der Waals surface area contributed by atoms with Gasteiger partial charge in [0.2, 0.25) is 0 Å². The largest absolute Gasteiger partial charge is 0.467 e. The van der Waals surface area contributed by atoms with E-state index in [1.54, 1.807) is 0 Å². The highest BCUT2D eigenvalue weighted by Crippen LogP contribution is 2.19. The number of benzene rings is 2. The molecule has 0 atom stereocenters. The number of hydrogen-bond acceptors (Lipinski definition) is 3. The molecule has 2 aromatic rings. The molecule has 100 valence electrons. The summed E-state index contributed by atoms with van der Waals surface area (Å²) in [4.78, 5) is 0. The van der Waals surface area contributed by atoms with E-state index < -0.39 is 0 Å². The van der Waals surface area contributed by atoms with E-state index in [-0.39, 0.29) is 6.79 Å². The van der Waals surface area contributed by atoms with E-state index in [0.29, 0.717) is 13.2 Å². The van der Waals surface area contributed by atoms with Crippen LogP contribution in [-0.4, -0.2) is 6.79 Å². The molecule has 0 bridgehead atoms. The number of aryl methyl sites for hydroxylation is 1. The van der Waals surface area contributed by atoms with Crippen molar-refractivity contribution < 1.29 is 9.47 Å². The van der Waals surface area contributed by atoms with Crippen molar-refractivity contribution in [2.45, 2.75) is 20.1 Å². The average Bonchev–Trinajstić information content (AvgIpc) is 2.46. The van der Waals surface area contributed by atoms with Crippen LogP contribution in [0.5, 0.6) is 5.75 Å². The zero-order valence-corrected chi connectivity index (χ0v) is 11.1. The van der Waals surface area contributed by atoms with Gasteiger partial charge in [0.05, 0.1) is 6.61 Å². The lowest BCUT2D eigenvalue weighted by Crippen LogP contribution is -2.06. The topological polar surface area (TPSA) is 44.5 Å². The summed E-state index contributed by atoms with van der Waals surface area (Å²) in [6.07, 6.45) is 0. The van der Waals surface area contributed by atoms with Crippen molar-refractivity contribution in [3.63, 3.8) is 0 Å². The Hall–Kier alpha value is -1.84. The first-order valence-corrected chi connectivity index (χ1v) is 6.33. The molecule has 3 nitrogen and oxygen atoms in total. The van der Waals surface area contributed by atoms with Gasteiger partial charge in [-0.15, -0.1) is 0 Å². The van der Waals surface area contributed by atoms with Gasteiger partial charge in [0, 0.05) is 12.1 Å². The molecule has 0 saturated carbocycles. The fourth-order valence-electron chi connectivity index (χ4n) is 1.85. The van der Waals surface area contributed by atoms with Crippen LogP contribution >= 0.6 is 0 Å². The van der Waals surface area contributed by atoms with E-state index in [0.717, 1.165) is 16.9 Å². The van der Waals surface area contributed by atoms with Crippen LogP contribution in [0.1, 0.15) is 16.7 Å². The van der Waals surface area contributed by atoms with Crippen molar-refractivity contribution in [2.24, 2.45) is 5.73 Å². The van der Waals surface area contributed by atoms with Crippen LogP contribution in [0.15, 0.2) is 48.5 Å². The first-order valence-electron chi connectivity index (χ1n) is 6.33. The Morgan fingerprint density at radius 1 is 1.05 bits per heavy atom. The molecule has 0 aliphatic rings. The molecule has 0 saturated heterocycles. The molecule has 0 unspecified atom stereocenters. The molecule has 0 spiro atoms. The summed E-state index contributed by atoms with van der Waals surface area (Å²) in [5.74, 6) is 0.793. The molecule has 2 rings (SSSR count). The fourth-order valence-corrected chi connectivity index (χ4v) is 1.85. The Balaban J connectivity index is 1.83. The monoisotopic (exact) mass is 257 g/mol. The average molecular weight is 257 g/mol. The van der Waals surface area contributed by atoms with Crippen LogP contribution in [0.25, 0.3) is 0 Å². The Labute approximate surface area is 114 Å². The number of rotatable bonds is 6. The molecule has 19 heavy (non-hydrogen) atoms. The minimum Gasteiger partial charge on any atom is -0.467 e. The van der Waals surface area contributed by atoms with Gasteiger partial charge in [0.25, 0.3) is 0 Å². The van der Waals surface area contributed by atoms with Gasteiger partial charge in [-0.2, -0.15) is 0 Å². The zero-order valence-electron chi connectivity index (χ0n) is 11.1. The van der Waals surface area contributed by atoms with Gasteiger partial charge in [-0.05, 0) is 18.6 Å². The van der Waals surface area contributed by atoms with Gasteiger partial charge >= 0.3 is 0 Å². The SMILES string of the molecule is Cc1ccc(OCOCc2ccccc2)c(CN)c1. The molecular formula is C16H19NO2. The first kappa shape index (κ1) is 13.6. The number of nitrogens with two attached hydrogens (primary N) is 1. The quantitative estimate of drug-likeness (QED) is 0.639. The summed E-state index contributed by atoms with van der Waals surface area (Å²) in [7, 11) is 0. The van der Waals surface area contributed by atoms with Crippen molar-refractivity contribution in [3.05, 3.63) is 65.2 Å². The van der Waals surface area contributed by atoms with E-state index in [4.69, 9.17) is 15.2 Å². The highest BCUT2D eigenvalue weighted by Gasteiger charge is 2.02. The van der Waals surface area contributed by atoms with Gasteiger partial charge in [0.1, 0.15) is 5.75 Å². The Morgan fingerprint density at radius 3 is 2.58 bits per heavy atom. The molecule has 0 radical (unpaired) electrons. The predicted octanol–water partition coefficient (Wildman–Crippen LogP) is 3.01. The number of ether oxygens (including phenoxy) is 2. The lowest BCUT2D eigenvalue weighted by Gasteiger charge is -2.11.